The normalized spacial score (nSPS) is 18.8. The molecule has 1 aliphatic heterocycles. The Morgan fingerprint density at radius 1 is 1.18 bits per heavy atom. The Bertz CT molecular complexity index is 978. The van der Waals surface area contributed by atoms with Gasteiger partial charge in [-0.3, -0.25) is 4.57 Å². The SMILES string of the molecule is CC[C@@H]1c2nncn2-c2cnc(Nc3ccc(F)cc3)nc2N1C1CCCC1. The largest absolute Gasteiger partial charge is 0.341 e. The molecule has 144 valence electrons. The van der Waals surface area contributed by atoms with E-state index in [9.17, 15) is 4.39 Å². The zero-order valence-electron chi connectivity index (χ0n) is 15.7. The first-order valence-electron chi connectivity index (χ1n) is 9.83. The first-order chi connectivity index (χ1) is 13.7. The number of halogens is 1. The number of benzene rings is 1. The van der Waals surface area contributed by atoms with Gasteiger partial charge in [-0.1, -0.05) is 19.8 Å². The first kappa shape index (κ1) is 17.1. The van der Waals surface area contributed by atoms with E-state index in [0.29, 0.717) is 12.0 Å². The lowest BCUT2D eigenvalue weighted by molar-refractivity contribution is 0.469. The van der Waals surface area contributed by atoms with Crippen molar-refractivity contribution >= 4 is 17.5 Å². The smallest absolute Gasteiger partial charge is 0.229 e. The van der Waals surface area contributed by atoms with Crippen LogP contribution in [0.4, 0.5) is 21.8 Å². The molecule has 1 aromatic carbocycles. The highest BCUT2D eigenvalue weighted by Crippen LogP contribution is 2.42. The molecular formula is C20H22FN7. The van der Waals surface area contributed by atoms with Crippen LogP contribution in [0.1, 0.15) is 50.9 Å². The van der Waals surface area contributed by atoms with Crippen molar-refractivity contribution < 1.29 is 4.39 Å². The average Bonchev–Trinajstić information content (AvgIpc) is 3.40. The molecule has 7 nitrogen and oxygen atoms in total. The van der Waals surface area contributed by atoms with Gasteiger partial charge >= 0.3 is 0 Å². The third-order valence-electron chi connectivity index (χ3n) is 5.67. The van der Waals surface area contributed by atoms with Crippen molar-refractivity contribution in [3.8, 4) is 5.69 Å². The van der Waals surface area contributed by atoms with Gasteiger partial charge in [0.2, 0.25) is 5.95 Å². The van der Waals surface area contributed by atoms with Crippen LogP contribution in [-0.4, -0.2) is 30.8 Å². The zero-order valence-corrected chi connectivity index (χ0v) is 15.7. The zero-order chi connectivity index (χ0) is 19.1. The molecule has 0 unspecified atom stereocenters. The van der Waals surface area contributed by atoms with Crippen LogP contribution in [-0.2, 0) is 0 Å². The average molecular weight is 379 g/mol. The Balaban J connectivity index is 1.58. The van der Waals surface area contributed by atoms with Crippen LogP contribution in [0, 0.1) is 5.82 Å². The second kappa shape index (κ2) is 6.85. The Labute approximate surface area is 162 Å². The molecule has 28 heavy (non-hydrogen) atoms. The van der Waals surface area contributed by atoms with E-state index in [0.717, 1.165) is 42.3 Å². The molecule has 8 heteroatoms. The van der Waals surface area contributed by atoms with E-state index in [2.05, 4.69) is 32.3 Å². The number of nitrogens with zero attached hydrogens (tertiary/aromatic N) is 6. The molecule has 0 saturated heterocycles. The van der Waals surface area contributed by atoms with Gasteiger partial charge < -0.3 is 10.2 Å². The van der Waals surface area contributed by atoms with Gasteiger partial charge in [-0.2, -0.15) is 4.98 Å². The van der Waals surface area contributed by atoms with E-state index in [-0.39, 0.29) is 11.9 Å². The van der Waals surface area contributed by atoms with E-state index in [1.165, 1.54) is 25.0 Å². The highest BCUT2D eigenvalue weighted by molar-refractivity contribution is 5.65. The quantitative estimate of drug-likeness (QED) is 0.734. The monoisotopic (exact) mass is 379 g/mol. The van der Waals surface area contributed by atoms with E-state index in [1.807, 2.05) is 10.8 Å². The lowest BCUT2D eigenvalue weighted by Crippen LogP contribution is -2.42. The van der Waals surface area contributed by atoms with Gasteiger partial charge in [0.1, 0.15) is 17.8 Å². The van der Waals surface area contributed by atoms with Crippen LogP contribution < -0.4 is 10.2 Å². The summed E-state index contributed by atoms with van der Waals surface area (Å²) in [5.74, 6) is 2.09. The molecule has 1 atom stereocenters. The summed E-state index contributed by atoms with van der Waals surface area (Å²) in [4.78, 5) is 11.8. The number of anilines is 3. The molecule has 1 N–H and O–H groups in total. The number of rotatable bonds is 4. The second-order valence-corrected chi connectivity index (χ2v) is 7.36. The highest BCUT2D eigenvalue weighted by atomic mass is 19.1. The molecule has 0 spiro atoms. The summed E-state index contributed by atoms with van der Waals surface area (Å²) in [5.41, 5.74) is 1.66. The summed E-state index contributed by atoms with van der Waals surface area (Å²) >= 11 is 0. The molecule has 2 aliphatic rings. The van der Waals surface area contributed by atoms with Crippen molar-refractivity contribution in [2.75, 3.05) is 10.2 Å². The highest BCUT2D eigenvalue weighted by Gasteiger charge is 2.38. The summed E-state index contributed by atoms with van der Waals surface area (Å²) in [5, 5.41) is 11.7. The van der Waals surface area contributed by atoms with Gasteiger partial charge in [0.15, 0.2) is 11.6 Å². The van der Waals surface area contributed by atoms with Crippen LogP contribution in [0.15, 0.2) is 36.8 Å². The molecule has 2 aromatic heterocycles. The van der Waals surface area contributed by atoms with Gasteiger partial charge in [-0.05, 0) is 43.5 Å². The molecule has 0 bridgehead atoms. The predicted octanol–water partition coefficient (Wildman–Crippen LogP) is 4.15. The van der Waals surface area contributed by atoms with Gasteiger partial charge in [0.25, 0.3) is 0 Å². The minimum Gasteiger partial charge on any atom is -0.341 e. The maximum Gasteiger partial charge on any atom is 0.229 e. The fourth-order valence-electron chi connectivity index (χ4n) is 4.37. The van der Waals surface area contributed by atoms with Crippen LogP contribution in [0.5, 0.6) is 0 Å². The van der Waals surface area contributed by atoms with Crippen LogP contribution in [0.3, 0.4) is 0 Å². The number of fused-ring (bicyclic) bond motifs is 3. The van der Waals surface area contributed by atoms with E-state index >= 15 is 0 Å². The summed E-state index contributed by atoms with van der Waals surface area (Å²) in [6, 6.07) is 6.79. The molecular weight excluding hydrogens is 357 g/mol. The third-order valence-corrected chi connectivity index (χ3v) is 5.67. The molecule has 3 aromatic rings. The number of aromatic nitrogens is 5. The van der Waals surface area contributed by atoms with Gasteiger partial charge in [0.05, 0.1) is 12.2 Å². The van der Waals surface area contributed by atoms with Crippen LogP contribution in [0.25, 0.3) is 5.69 Å². The molecule has 3 heterocycles. The van der Waals surface area contributed by atoms with E-state index in [1.54, 1.807) is 18.5 Å². The molecule has 0 radical (unpaired) electrons. The van der Waals surface area contributed by atoms with Crippen molar-refractivity contribution in [1.29, 1.82) is 0 Å². The van der Waals surface area contributed by atoms with E-state index in [4.69, 9.17) is 4.98 Å². The van der Waals surface area contributed by atoms with Crippen molar-refractivity contribution in [2.24, 2.45) is 0 Å². The van der Waals surface area contributed by atoms with Crippen molar-refractivity contribution in [3.63, 3.8) is 0 Å². The number of hydrogen-bond acceptors (Lipinski definition) is 6. The molecule has 1 aliphatic carbocycles. The molecule has 1 fully saturated rings. The van der Waals surface area contributed by atoms with Gasteiger partial charge in [-0.15, -0.1) is 10.2 Å². The summed E-state index contributed by atoms with van der Waals surface area (Å²) in [7, 11) is 0. The molecule has 5 rings (SSSR count). The number of hydrogen-bond donors (Lipinski definition) is 1. The van der Waals surface area contributed by atoms with Crippen molar-refractivity contribution in [1.82, 2.24) is 24.7 Å². The fraction of sp³-hybridized carbons (Fsp3) is 0.400. The first-order valence-corrected chi connectivity index (χ1v) is 9.83. The van der Waals surface area contributed by atoms with Crippen molar-refractivity contribution in [2.45, 2.75) is 51.1 Å². The summed E-state index contributed by atoms with van der Waals surface area (Å²) in [6.45, 7) is 2.18. The Morgan fingerprint density at radius 3 is 2.71 bits per heavy atom. The molecule has 0 amide bonds. The molecule has 1 saturated carbocycles. The minimum absolute atomic E-state index is 0.145. The third kappa shape index (κ3) is 2.80. The topological polar surface area (TPSA) is 71.8 Å². The van der Waals surface area contributed by atoms with Gasteiger partial charge in [0, 0.05) is 11.7 Å². The predicted molar refractivity (Wildman–Crippen MR) is 104 cm³/mol. The van der Waals surface area contributed by atoms with Crippen molar-refractivity contribution in [3.05, 3.63) is 48.4 Å². The van der Waals surface area contributed by atoms with Crippen LogP contribution in [0.2, 0.25) is 0 Å². The van der Waals surface area contributed by atoms with Gasteiger partial charge in [-0.25, -0.2) is 9.37 Å². The Kier molecular flexibility index (Phi) is 4.18. The standard InChI is InChI=1S/C20H22FN7/c1-2-16-19-26-23-12-27(19)17-11-22-20(24-14-9-7-13(21)8-10-14)25-18(17)28(16)15-5-3-4-6-15/h7-12,15-16H,2-6H2,1H3,(H,22,24,25)/t16-/m1/s1. The maximum atomic E-state index is 13.2. The second-order valence-electron chi connectivity index (χ2n) is 7.36. The minimum atomic E-state index is -0.268. The van der Waals surface area contributed by atoms with E-state index < -0.39 is 0 Å². The van der Waals surface area contributed by atoms with Crippen LogP contribution >= 0.6 is 0 Å². The maximum absolute atomic E-state index is 13.2. The summed E-state index contributed by atoms with van der Waals surface area (Å²) < 4.78 is 15.2. The fourth-order valence-corrected chi connectivity index (χ4v) is 4.37. The number of nitrogens with one attached hydrogen (secondary N) is 1. The summed E-state index contributed by atoms with van der Waals surface area (Å²) in [6.07, 6.45) is 9.29. The Hall–Kier alpha value is -3.03. The lowest BCUT2D eigenvalue weighted by Gasteiger charge is -2.40. The Morgan fingerprint density at radius 2 is 1.96 bits per heavy atom. The lowest BCUT2D eigenvalue weighted by atomic mass is 10.0.